The number of nitrogens with one attached hydrogen (secondary N) is 3. The van der Waals surface area contributed by atoms with Crippen LogP contribution in [-0.4, -0.2) is 32.4 Å². The van der Waals surface area contributed by atoms with Gasteiger partial charge in [0.05, 0.1) is 11.9 Å². The average Bonchev–Trinajstić information content (AvgIpc) is 3.87. The van der Waals surface area contributed by atoms with Crippen molar-refractivity contribution >= 4 is 42.8 Å². The van der Waals surface area contributed by atoms with E-state index < -0.39 is 0 Å². The van der Waals surface area contributed by atoms with E-state index in [1.807, 2.05) is 87.6 Å². The predicted octanol–water partition coefficient (Wildman–Crippen LogP) is 8.36. The van der Waals surface area contributed by atoms with Gasteiger partial charge < -0.3 is 21.1 Å². The molecule has 4 N–H and O–H groups in total. The molecule has 2 amide bonds. The molecule has 1 fully saturated rings. The number of hydrogen-bond donors (Lipinski definition) is 4. The molecule has 9 heteroatoms. The van der Waals surface area contributed by atoms with Gasteiger partial charge in [0.1, 0.15) is 11.6 Å². The van der Waals surface area contributed by atoms with Crippen molar-refractivity contribution in [2.75, 3.05) is 22.6 Å². The minimum absolute atomic E-state index is 0.175. The first-order valence-corrected chi connectivity index (χ1v) is 16.8. The van der Waals surface area contributed by atoms with Gasteiger partial charge in [-0.1, -0.05) is 85.0 Å². The Balaban J connectivity index is 0.000000818. The molecule has 1 unspecified atom stereocenters. The standard InChI is InChI=1S/C30H31N6O2P.C3H6.C2H6/c1-4-21-13-12-19(2)14-24(21)35-30(38)33-22-9-7-8-20(15-22)17-31-28-16-25(23-10-5-6-11-26(23)37)34-29-27(39-3)18-32-36(28)29;1-2-3-1;1-2/h5-16,18,31,37,39H,4,17H2,1-3H3,(H2,33,35,38);1-3H2;1-2H3. The Morgan fingerprint density at radius 3 is 2.45 bits per heavy atom. The van der Waals surface area contributed by atoms with E-state index in [0.29, 0.717) is 32.1 Å². The Morgan fingerprint density at radius 1 is 0.977 bits per heavy atom. The lowest BCUT2D eigenvalue weighted by atomic mass is 10.1. The normalized spacial score (nSPS) is 11.8. The van der Waals surface area contributed by atoms with Crippen molar-refractivity contribution in [3.63, 3.8) is 0 Å². The fourth-order valence-corrected chi connectivity index (χ4v) is 5.02. The molecule has 6 rings (SSSR count). The molecule has 1 aliphatic rings. The zero-order chi connectivity index (χ0) is 31.5. The maximum absolute atomic E-state index is 12.8. The van der Waals surface area contributed by atoms with Crippen LogP contribution in [-0.2, 0) is 13.0 Å². The molecule has 5 aromatic rings. The Bertz CT molecular complexity index is 1700. The number of carbonyl (C=O) groups is 1. The van der Waals surface area contributed by atoms with Crippen molar-refractivity contribution in [1.82, 2.24) is 14.6 Å². The van der Waals surface area contributed by atoms with Gasteiger partial charge in [-0.25, -0.2) is 9.78 Å². The van der Waals surface area contributed by atoms with Crippen LogP contribution < -0.4 is 21.3 Å². The summed E-state index contributed by atoms with van der Waals surface area (Å²) in [5, 5.41) is 25.4. The van der Waals surface area contributed by atoms with Gasteiger partial charge in [-0.05, 0) is 67.0 Å². The van der Waals surface area contributed by atoms with E-state index in [0.717, 1.165) is 45.6 Å². The Morgan fingerprint density at radius 2 is 1.75 bits per heavy atom. The van der Waals surface area contributed by atoms with E-state index >= 15 is 0 Å². The summed E-state index contributed by atoms with van der Waals surface area (Å²) < 4.78 is 1.79. The Labute approximate surface area is 262 Å². The molecule has 1 saturated carbocycles. The molecule has 44 heavy (non-hydrogen) atoms. The Hall–Kier alpha value is -4.42. The number of hydrogen-bond acceptors (Lipinski definition) is 5. The smallest absolute Gasteiger partial charge is 0.323 e. The number of rotatable bonds is 8. The number of aromatic nitrogens is 3. The van der Waals surface area contributed by atoms with Crippen LogP contribution in [0.1, 0.15) is 56.7 Å². The van der Waals surface area contributed by atoms with E-state index in [9.17, 15) is 9.90 Å². The summed E-state index contributed by atoms with van der Waals surface area (Å²) >= 11 is 0. The number of benzene rings is 3. The number of anilines is 3. The van der Waals surface area contributed by atoms with E-state index in [1.54, 1.807) is 16.6 Å². The lowest BCUT2D eigenvalue weighted by Crippen LogP contribution is -2.20. The third-order valence-corrected chi connectivity index (χ3v) is 7.72. The van der Waals surface area contributed by atoms with Crippen molar-refractivity contribution in [1.29, 1.82) is 0 Å². The van der Waals surface area contributed by atoms with Crippen molar-refractivity contribution in [3.8, 4) is 17.0 Å². The maximum Gasteiger partial charge on any atom is 0.323 e. The Kier molecular flexibility index (Phi) is 11.7. The number of nitrogens with zero attached hydrogens (tertiary/aromatic N) is 3. The molecular weight excluding hydrogens is 567 g/mol. The van der Waals surface area contributed by atoms with Crippen LogP contribution in [0.2, 0.25) is 0 Å². The summed E-state index contributed by atoms with van der Waals surface area (Å²) in [5.74, 6) is 0.930. The number of fused-ring (bicyclic) bond motifs is 1. The fraction of sp³-hybridized carbons (Fsp3) is 0.286. The number of phenolic OH excluding ortho intramolecular Hbond substituents is 1. The van der Waals surface area contributed by atoms with Crippen LogP contribution in [0.5, 0.6) is 5.75 Å². The van der Waals surface area contributed by atoms with Crippen molar-refractivity contribution < 1.29 is 9.90 Å². The van der Waals surface area contributed by atoms with Crippen molar-refractivity contribution in [3.05, 3.63) is 95.7 Å². The van der Waals surface area contributed by atoms with Crippen molar-refractivity contribution in [2.24, 2.45) is 0 Å². The summed E-state index contributed by atoms with van der Waals surface area (Å²) in [5.41, 5.74) is 6.76. The third-order valence-electron chi connectivity index (χ3n) is 6.83. The number of para-hydroxylation sites is 1. The summed E-state index contributed by atoms with van der Waals surface area (Å²) in [6.45, 7) is 10.7. The summed E-state index contributed by atoms with van der Waals surface area (Å²) in [6, 6.07) is 22.6. The SMILES string of the molecule is C1CC1.CC.CCc1ccc(C)cc1NC(=O)Nc1cccc(CNc2cc(-c3ccccc3O)nc3c(PC)cnn23)c1. The predicted molar refractivity (Wildman–Crippen MR) is 186 cm³/mol. The van der Waals surface area contributed by atoms with Gasteiger partial charge in [-0.2, -0.15) is 9.61 Å². The zero-order valence-corrected chi connectivity index (χ0v) is 27.2. The molecule has 2 heterocycles. The molecular formula is C35H43N6O2P. The van der Waals surface area contributed by atoms with E-state index in [2.05, 4.69) is 34.6 Å². The number of carbonyl (C=O) groups excluding carboxylic acids is 1. The summed E-state index contributed by atoms with van der Waals surface area (Å²) in [7, 11) is 0.532. The number of phenols is 1. The molecule has 0 bridgehead atoms. The molecule has 0 saturated heterocycles. The van der Waals surface area contributed by atoms with Crippen LogP contribution in [0.15, 0.2) is 79.0 Å². The van der Waals surface area contributed by atoms with Crippen LogP contribution in [0.25, 0.3) is 16.9 Å². The van der Waals surface area contributed by atoms with E-state index in [4.69, 9.17) is 4.98 Å². The molecule has 2 aromatic heterocycles. The molecule has 0 spiro atoms. The highest BCUT2D eigenvalue weighted by Gasteiger charge is 2.14. The summed E-state index contributed by atoms with van der Waals surface area (Å²) in [4.78, 5) is 17.6. The second kappa shape index (κ2) is 15.9. The largest absolute Gasteiger partial charge is 0.507 e. The van der Waals surface area contributed by atoms with Crippen LogP contribution in [0, 0.1) is 6.92 Å². The lowest BCUT2D eigenvalue weighted by molar-refractivity contribution is 0.262. The zero-order valence-electron chi connectivity index (χ0n) is 26.2. The fourth-order valence-electron chi connectivity index (χ4n) is 4.44. The first kappa shape index (κ1) is 32.5. The molecule has 0 radical (unpaired) electrons. The van der Waals surface area contributed by atoms with Gasteiger partial charge in [-0.3, -0.25) is 0 Å². The van der Waals surface area contributed by atoms with Crippen LogP contribution in [0.3, 0.4) is 0 Å². The highest BCUT2D eigenvalue weighted by atomic mass is 31.1. The lowest BCUT2D eigenvalue weighted by Gasteiger charge is -2.14. The van der Waals surface area contributed by atoms with E-state index in [1.165, 1.54) is 19.3 Å². The number of aryl methyl sites for hydroxylation is 2. The topological polar surface area (TPSA) is 104 Å². The number of aromatic hydroxyl groups is 1. The van der Waals surface area contributed by atoms with Gasteiger partial charge in [0.2, 0.25) is 0 Å². The average molecular weight is 611 g/mol. The maximum atomic E-state index is 12.8. The monoisotopic (exact) mass is 610 g/mol. The molecule has 230 valence electrons. The van der Waals surface area contributed by atoms with Gasteiger partial charge in [0.25, 0.3) is 0 Å². The van der Waals surface area contributed by atoms with E-state index in [-0.39, 0.29) is 11.8 Å². The highest BCUT2D eigenvalue weighted by Crippen LogP contribution is 2.30. The number of amides is 2. The molecule has 1 aliphatic carbocycles. The summed E-state index contributed by atoms with van der Waals surface area (Å²) in [6.07, 6.45) is 7.17. The molecule has 0 aliphatic heterocycles. The van der Waals surface area contributed by atoms with Gasteiger partial charge in [0, 0.05) is 34.9 Å². The minimum atomic E-state index is -0.284. The molecule has 8 nitrogen and oxygen atoms in total. The van der Waals surface area contributed by atoms with Gasteiger partial charge in [0.15, 0.2) is 5.65 Å². The minimum Gasteiger partial charge on any atom is -0.507 e. The van der Waals surface area contributed by atoms with Gasteiger partial charge >= 0.3 is 6.03 Å². The number of urea groups is 1. The third kappa shape index (κ3) is 8.57. The molecule has 3 aromatic carbocycles. The first-order chi connectivity index (χ1) is 21.4. The van der Waals surface area contributed by atoms with Gasteiger partial charge in [-0.15, -0.1) is 0 Å². The first-order valence-electron chi connectivity index (χ1n) is 15.3. The van der Waals surface area contributed by atoms with Crippen molar-refractivity contribution in [2.45, 2.75) is 59.9 Å². The highest BCUT2D eigenvalue weighted by molar-refractivity contribution is 7.46. The molecule has 1 atom stereocenters. The van der Waals surface area contributed by atoms with Crippen LogP contribution >= 0.6 is 8.58 Å². The quantitative estimate of drug-likeness (QED) is 0.132. The second-order valence-electron chi connectivity index (χ2n) is 10.3. The second-order valence-corrected chi connectivity index (χ2v) is 11.3. The van der Waals surface area contributed by atoms with Crippen LogP contribution in [0.4, 0.5) is 22.0 Å².